The van der Waals surface area contributed by atoms with Gasteiger partial charge in [-0.2, -0.15) is 0 Å². The van der Waals surface area contributed by atoms with Crippen LogP contribution >= 0.6 is 0 Å². The van der Waals surface area contributed by atoms with Crippen LogP contribution in [-0.2, 0) is 23.9 Å². The van der Waals surface area contributed by atoms with E-state index in [1.807, 2.05) is 45.9 Å². The van der Waals surface area contributed by atoms with Gasteiger partial charge in [0.05, 0.1) is 30.8 Å². The van der Waals surface area contributed by atoms with Gasteiger partial charge in [0.15, 0.2) is 0 Å². The van der Waals surface area contributed by atoms with Crippen molar-refractivity contribution in [1.82, 2.24) is 4.90 Å². The lowest BCUT2D eigenvalue weighted by atomic mass is 9.66. The predicted molar refractivity (Wildman–Crippen MR) is 144 cm³/mol. The molecule has 0 saturated carbocycles. The third-order valence-electron chi connectivity index (χ3n) is 8.58. The van der Waals surface area contributed by atoms with Gasteiger partial charge in [-0.1, -0.05) is 31.2 Å². The van der Waals surface area contributed by atoms with Crippen LogP contribution in [0.4, 0.5) is 5.69 Å². The lowest BCUT2D eigenvalue weighted by Gasteiger charge is -2.39. The standard InChI is InChI=1S/C30H40N2O6/c1-7-10-16-37-28(36)24-23-26(34)32(21(9-3)18-33)25(30(23)14-13-29(24,6)38-30)27(35)31(15-8-2)22-17-19(4)11-12-20(22)5/h7-8,11-12,17,21,23-25,33H,1-2,9-10,13-16,18H2,3-6H3/t21-,23-,24+,25?,29-,30?/m0/s1. The number of rotatable bonds is 11. The Morgan fingerprint density at radius 2 is 2.03 bits per heavy atom. The average Bonchev–Trinajstić information content (AvgIpc) is 3.46. The molecule has 1 aromatic carbocycles. The Bertz CT molecular complexity index is 1130. The number of anilines is 1. The number of likely N-dealkylation sites (tertiary alicyclic amines) is 1. The highest BCUT2D eigenvalue weighted by Gasteiger charge is 2.79. The van der Waals surface area contributed by atoms with Crippen molar-refractivity contribution >= 4 is 23.5 Å². The molecule has 3 heterocycles. The molecule has 0 aromatic heterocycles. The number of aryl methyl sites for hydroxylation is 2. The second-order valence-corrected chi connectivity index (χ2v) is 11.0. The molecule has 1 spiro atoms. The highest BCUT2D eigenvalue weighted by molar-refractivity contribution is 6.05. The van der Waals surface area contributed by atoms with Crippen LogP contribution in [0.15, 0.2) is 43.5 Å². The molecule has 2 bridgehead atoms. The zero-order chi connectivity index (χ0) is 27.8. The second kappa shape index (κ2) is 10.7. The fourth-order valence-electron chi connectivity index (χ4n) is 6.73. The van der Waals surface area contributed by atoms with Crippen LogP contribution in [0.25, 0.3) is 0 Å². The summed E-state index contributed by atoms with van der Waals surface area (Å²) in [7, 11) is 0. The van der Waals surface area contributed by atoms with Crippen LogP contribution in [0, 0.1) is 25.7 Å². The third-order valence-corrected chi connectivity index (χ3v) is 8.58. The third kappa shape index (κ3) is 4.28. The number of carbonyl (C=O) groups is 3. The highest BCUT2D eigenvalue weighted by Crippen LogP contribution is 2.63. The van der Waals surface area contributed by atoms with E-state index in [4.69, 9.17) is 9.47 Å². The van der Waals surface area contributed by atoms with E-state index in [1.54, 1.807) is 17.1 Å². The van der Waals surface area contributed by atoms with E-state index in [-0.39, 0.29) is 31.6 Å². The van der Waals surface area contributed by atoms with Crippen molar-refractivity contribution in [1.29, 1.82) is 0 Å². The molecule has 206 valence electrons. The van der Waals surface area contributed by atoms with Gasteiger partial charge in [-0.15, -0.1) is 13.2 Å². The van der Waals surface area contributed by atoms with Crippen LogP contribution in [0.2, 0.25) is 0 Å². The zero-order valence-corrected chi connectivity index (χ0v) is 22.9. The molecule has 1 aromatic rings. The van der Waals surface area contributed by atoms with Gasteiger partial charge in [-0.3, -0.25) is 14.4 Å². The van der Waals surface area contributed by atoms with Crippen molar-refractivity contribution < 1.29 is 29.0 Å². The van der Waals surface area contributed by atoms with E-state index in [2.05, 4.69) is 13.2 Å². The van der Waals surface area contributed by atoms with Crippen molar-refractivity contribution in [2.45, 2.75) is 76.7 Å². The number of aliphatic hydroxyl groups excluding tert-OH is 1. The fraction of sp³-hybridized carbons (Fsp3) is 0.567. The molecule has 3 fully saturated rings. The average molecular weight is 525 g/mol. The van der Waals surface area contributed by atoms with Gasteiger partial charge in [-0.05, 0) is 63.6 Å². The molecule has 0 aliphatic carbocycles. The maximum atomic E-state index is 14.6. The zero-order valence-electron chi connectivity index (χ0n) is 22.9. The minimum absolute atomic E-state index is 0.170. The molecule has 3 aliphatic heterocycles. The van der Waals surface area contributed by atoms with Crippen molar-refractivity contribution in [2.24, 2.45) is 11.8 Å². The molecule has 6 atom stereocenters. The minimum Gasteiger partial charge on any atom is -0.465 e. The van der Waals surface area contributed by atoms with Crippen molar-refractivity contribution in [3.63, 3.8) is 0 Å². The Morgan fingerprint density at radius 1 is 1.29 bits per heavy atom. The Hall–Kier alpha value is -2.97. The number of nitrogens with zero attached hydrogens (tertiary/aromatic N) is 2. The molecular formula is C30H40N2O6. The summed E-state index contributed by atoms with van der Waals surface area (Å²) in [6.07, 6.45) is 5.26. The van der Waals surface area contributed by atoms with E-state index >= 15 is 0 Å². The van der Waals surface area contributed by atoms with Crippen LogP contribution < -0.4 is 4.90 Å². The molecular weight excluding hydrogens is 484 g/mol. The Balaban J connectivity index is 1.83. The molecule has 2 amide bonds. The van der Waals surface area contributed by atoms with Crippen molar-refractivity contribution in [3.8, 4) is 0 Å². The van der Waals surface area contributed by atoms with Gasteiger partial charge in [0.2, 0.25) is 5.91 Å². The first-order chi connectivity index (χ1) is 18.1. The Labute approximate surface area is 225 Å². The van der Waals surface area contributed by atoms with Crippen LogP contribution in [0.5, 0.6) is 0 Å². The van der Waals surface area contributed by atoms with Crippen molar-refractivity contribution in [2.75, 3.05) is 24.7 Å². The maximum Gasteiger partial charge on any atom is 0.312 e. The van der Waals surface area contributed by atoms with Crippen molar-refractivity contribution in [3.05, 3.63) is 54.6 Å². The lowest BCUT2D eigenvalue weighted by molar-refractivity contribution is -0.160. The fourth-order valence-corrected chi connectivity index (χ4v) is 6.73. The summed E-state index contributed by atoms with van der Waals surface area (Å²) in [5.74, 6) is -2.82. The van der Waals surface area contributed by atoms with Crippen LogP contribution in [-0.4, -0.2) is 70.8 Å². The summed E-state index contributed by atoms with van der Waals surface area (Å²) in [6, 6.07) is 4.31. The molecule has 38 heavy (non-hydrogen) atoms. The first-order valence-electron chi connectivity index (χ1n) is 13.5. The van der Waals surface area contributed by atoms with E-state index < -0.39 is 41.1 Å². The Kier molecular flexibility index (Phi) is 7.86. The molecule has 4 rings (SSSR count). The smallest absolute Gasteiger partial charge is 0.312 e. The highest BCUT2D eigenvalue weighted by atomic mass is 16.6. The second-order valence-electron chi connectivity index (χ2n) is 11.0. The SMILES string of the molecule is C=CCCOC(=O)[C@H]1[C@H]2C(=O)N([C@@H](CC)CO)C(C(=O)N(CC=C)c3cc(C)ccc3C)C23CC[C@]1(C)O3. The molecule has 3 saturated heterocycles. The number of amides is 2. The summed E-state index contributed by atoms with van der Waals surface area (Å²) in [6.45, 7) is 15.3. The number of hydrogen-bond donors (Lipinski definition) is 1. The summed E-state index contributed by atoms with van der Waals surface area (Å²) in [5, 5.41) is 10.3. The van der Waals surface area contributed by atoms with Gasteiger partial charge in [-0.25, -0.2) is 0 Å². The van der Waals surface area contributed by atoms with Gasteiger partial charge in [0.1, 0.15) is 17.6 Å². The Morgan fingerprint density at radius 3 is 2.66 bits per heavy atom. The minimum atomic E-state index is -1.19. The molecule has 3 aliphatic rings. The van der Waals surface area contributed by atoms with E-state index in [0.29, 0.717) is 25.7 Å². The van der Waals surface area contributed by atoms with Crippen LogP contribution in [0.1, 0.15) is 50.7 Å². The van der Waals surface area contributed by atoms with Gasteiger partial charge in [0.25, 0.3) is 5.91 Å². The number of ether oxygens (including phenoxy) is 2. The summed E-state index contributed by atoms with van der Waals surface area (Å²) >= 11 is 0. The largest absolute Gasteiger partial charge is 0.465 e. The first-order valence-corrected chi connectivity index (χ1v) is 13.5. The number of hydrogen-bond acceptors (Lipinski definition) is 6. The molecule has 0 radical (unpaired) electrons. The van der Waals surface area contributed by atoms with Gasteiger partial charge in [0, 0.05) is 12.2 Å². The normalized spacial score (nSPS) is 30.2. The predicted octanol–water partition coefficient (Wildman–Crippen LogP) is 3.48. The summed E-state index contributed by atoms with van der Waals surface area (Å²) in [4.78, 5) is 45.3. The number of benzene rings is 1. The number of aliphatic hydroxyl groups is 1. The van der Waals surface area contributed by atoms with Crippen LogP contribution in [0.3, 0.4) is 0 Å². The van der Waals surface area contributed by atoms with Gasteiger partial charge >= 0.3 is 5.97 Å². The van der Waals surface area contributed by atoms with E-state index in [1.165, 1.54) is 4.90 Å². The number of esters is 1. The molecule has 1 N–H and O–H groups in total. The van der Waals surface area contributed by atoms with E-state index in [0.717, 1.165) is 16.8 Å². The lowest BCUT2D eigenvalue weighted by Crippen LogP contribution is -2.59. The van der Waals surface area contributed by atoms with Gasteiger partial charge < -0.3 is 24.4 Å². The molecule has 8 nitrogen and oxygen atoms in total. The number of carbonyl (C=O) groups excluding carboxylic acids is 3. The number of fused-ring (bicyclic) bond motifs is 1. The van der Waals surface area contributed by atoms with E-state index in [9.17, 15) is 19.5 Å². The molecule has 2 unspecified atom stereocenters. The monoisotopic (exact) mass is 524 g/mol. The quantitative estimate of drug-likeness (QED) is 0.271. The first kappa shape index (κ1) is 28.0. The topological polar surface area (TPSA) is 96.4 Å². The summed E-state index contributed by atoms with van der Waals surface area (Å²) in [5.41, 5.74) is 0.540. The molecule has 8 heteroatoms. The maximum absolute atomic E-state index is 14.6. The summed E-state index contributed by atoms with van der Waals surface area (Å²) < 4.78 is 12.2.